The molecule has 0 saturated carbocycles. The van der Waals surface area contributed by atoms with Crippen LogP contribution in [0.1, 0.15) is 10.4 Å². The van der Waals surface area contributed by atoms with Gasteiger partial charge in [-0.05, 0) is 46.3 Å². The normalized spacial score (nSPS) is 10.2. The third-order valence-electron chi connectivity index (χ3n) is 2.58. The summed E-state index contributed by atoms with van der Waals surface area (Å²) in [6.45, 7) is 0. The number of anilines is 1. The van der Waals surface area contributed by atoms with Gasteiger partial charge in [-0.25, -0.2) is 0 Å². The van der Waals surface area contributed by atoms with Crippen LogP contribution in [-0.2, 0) is 0 Å². The number of nitro groups is 1. The van der Waals surface area contributed by atoms with Crippen LogP contribution in [0.15, 0.2) is 49.8 Å². The third-order valence-corrected chi connectivity index (χ3v) is 4.22. The summed E-state index contributed by atoms with van der Waals surface area (Å²) in [6.07, 6.45) is 0. The van der Waals surface area contributed by atoms with Crippen LogP contribution in [0.3, 0.4) is 0 Å². The van der Waals surface area contributed by atoms with Gasteiger partial charge in [0, 0.05) is 19.5 Å². The van der Waals surface area contributed by atoms with E-state index in [0.29, 0.717) is 14.5 Å². The number of hydrogen-bond acceptors (Lipinski definition) is 3. The summed E-state index contributed by atoms with van der Waals surface area (Å²) >= 11 is 9.75. The molecule has 1 amide bonds. The SMILES string of the molecule is O=C(Nc1ccc(Br)cc1[N+](=O)[O-])c1ccc(Br)cc1Br. The van der Waals surface area contributed by atoms with E-state index in [2.05, 4.69) is 53.1 Å². The number of carbonyl (C=O) groups excluding carboxylic acids is 1. The second kappa shape index (κ2) is 6.67. The Bertz CT molecular complexity index is 735. The number of rotatable bonds is 3. The minimum absolute atomic E-state index is 0.142. The fraction of sp³-hybridized carbons (Fsp3) is 0. The Hall–Kier alpha value is -1.25. The zero-order valence-electron chi connectivity index (χ0n) is 10.3. The Morgan fingerprint density at radius 1 is 1.05 bits per heavy atom. The van der Waals surface area contributed by atoms with Crippen LogP contribution in [0, 0.1) is 10.1 Å². The average Bonchev–Trinajstić information content (AvgIpc) is 2.40. The quantitative estimate of drug-likeness (QED) is 0.490. The molecule has 0 saturated heterocycles. The molecule has 108 valence electrons. The number of hydrogen-bond donors (Lipinski definition) is 1. The number of halogens is 3. The molecule has 0 aromatic heterocycles. The van der Waals surface area contributed by atoms with E-state index in [0.717, 1.165) is 4.47 Å². The van der Waals surface area contributed by atoms with E-state index in [9.17, 15) is 14.9 Å². The topological polar surface area (TPSA) is 72.2 Å². The van der Waals surface area contributed by atoms with E-state index in [1.165, 1.54) is 12.1 Å². The molecular weight excluding hydrogens is 472 g/mol. The Kier molecular flexibility index (Phi) is 5.13. The molecule has 1 N–H and O–H groups in total. The van der Waals surface area contributed by atoms with Gasteiger partial charge >= 0.3 is 0 Å². The maximum absolute atomic E-state index is 12.2. The molecule has 2 aromatic carbocycles. The zero-order chi connectivity index (χ0) is 15.6. The first-order valence-electron chi connectivity index (χ1n) is 5.59. The van der Waals surface area contributed by atoms with E-state index in [1.54, 1.807) is 24.3 Å². The van der Waals surface area contributed by atoms with Gasteiger partial charge in [0.15, 0.2) is 0 Å². The second-order valence-electron chi connectivity index (χ2n) is 4.00. The highest BCUT2D eigenvalue weighted by molar-refractivity contribution is 9.11. The lowest BCUT2D eigenvalue weighted by Crippen LogP contribution is -2.13. The average molecular weight is 479 g/mol. The Balaban J connectivity index is 2.34. The minimum atomic E-state index is -0.545. The smallest absolute Gasteiger partial charge is 0.293 e. The van der Waals surface area contributed by atoms with Crippen molar-refractivity contribution in [3.8, 4) is 0 Å². The Morgan fingerprint density at radius 3 is 2.29 bits per heavy atom. The van der Waals surface area contributed by atoms with Crippen molar-refractivity contribution in [1.29, 1.82) is 0 Å². The van der Waals surface area contributed by atoms with Crippen LogP contribution in [0.4, 0.5) is 11.4 Å². The maximum Gasteiger partial charge on any atom is 0.293 e. The number of nitrogens with one attached hydrogen (secondary N) is 1. The molecular formula is C13H7Br3N2O3. The monoisotopic (exact) mass is 476 g/mol. The molecule has 21 heavy (non-hydrogen) atoms. The van der Waals surface area contributed by atoms with Crippen LogP contribution in [0.2, 0.25) is 0 Å². The first-order chi connectivity index (χ1) is 9.88. The van der Waals surface area contributed by atoms with Gasteiger partial charge in [0.25, 0.3) is 11.6 Å². The Labute approximate surface area is 145 Å². The molecule has 5 nitrogen and oxygen atoms in total. The highest BCUT2D eigenvalue weighted by Crippen LogP contribution is 2.29. The van der Waals surface area contributed by atoms with Crippen molar-refractivity contribution in [2.45, 2.75) is 0 Å². The molecule has 0 aliphatic rings. The first-order valence-corrected chi connectivity index (χ1v) is 7.96. The van der Waals surface area contributed by atoms with Crippen LogP contribution in [-0.4, -0.2) is 10.8 Å². The van der Waals surface area contributed by atoms with E-state index in [-0.39, 0.29) is 11.4 Å². The minimum Gasteiger partial charge on any atom is -0.316 e. The Morgan fingerprint density at radius 2 is 1.67 bits per heavy atom. The molecule has 0 spiro atoms. The molecule has 0 bridgehead atoms. The van der Waals surface area contributed by atoms with E-state index < -0.39 is 10.8 Å². The van der Waals surface area contributed by atoms with E-state index in [1.807, 2.05) is 0 Å². The van der Waals surface area contributed by atoms with Crippen molar-refractivity contribution >= 4 is 65.1 Å². The molecule has 0 atom stereocenters. The van der Waals surface area contributed by atoms with Gasteiger partial charge < -0.3 is 5.32 Å². The summed E-state index contributed by atoms with van der Waals surface area (Å²) in [4.78, 5) is 22.7. The van der Waals surface area contributed by atoms with Gasteiger partial charge in [0.1, 0.15) is 5.69 Å². The van der Waals surface area contributed by atoms with Crippen LogP contribution in [0.25, 0.3) is 0 Å². The summed E-state index contributed by atoms with van der Waals surface area (Å²) in [5.74, 6) is -0.431. The molecule has 2 rings (SSSR count). The van der Waals surface area contributed by atoms with Crippen molar-refractivity contribution in [2.24, 2.45) is 0 Å². The van der Waals surface area contributed by atoms with Gasteiger partial charge in [-0.15, -0.1) is 0 Å². The van der Waals surface area contributed by atoms with E-state index in [4.69, 9.17) is 0 Å². The molecule has 0 aliphatic carbocycles. The number of nitro benzene ring substituents is 1. The summed E-state index contributed by atoms with van der Waals surface area (Å²) in [5, 5.41) is 13.6. The summed E-state index contributed by atoms with van der Waals surface area (Å²) in [6, 6.07) is 9.51. The lowest BCUT2D eigenvalue weighted by Gasteiger charge is -2.08. The van der Waals surface area contributed by atoms with Gasteiger partial charge in [-0.2, -0.15) is 0 Å². The standard InChI is InChI=1S/C13H7Br3N2O3/c14-7-1-3-9(10(16)5-7)13(19)17-11-4-2-8(15)6-12(11)18(20)21/h1-6H,(H,17,19). The molecule has 0 heterocycles. The van der Waals surface area contributed by atoms with Gasteiger partial charge in [0.2, 0.25) is 0 Å². The predicted octanol–water partition coefficient (Wildman–Crippen LogP) is 5.13. The number of amides is 1. The molecule has 0 radical (unpaired) electrons. The molecule has 0 fully saturated rings. The summed E-state index contributed by atoms with van der Waals surface area (Å²) < 4.78 is 1.98. The van der Waals surface area contributed by atoms with Crippen LogP contribution < -0.4 is 5.32 Å². The second-order valence-corrected chi connectivity index (χ2v) is 6.68. The van der Waals surface area contributed by atoms with Crippen LogP contribution in [0.5, 0.6) is 0 Å². The summed E-state index contributed by atoms with van der Waals surface area (Å²) in [7, 11) is 0. The molecule has 8 heteroatoms. The summed E-state index contributed by atoms with van der Waals surface area (Å²) in [5.41, 5.74) is 0.351. The van der Waals surface area contributed by atoms with Crippen molar-refractivity contribution in [1.82, 2.24) is 0 Å². The zero-order valence-corrected chi connectivity index (χ0v) is 15.0. The van der Waals surface area contributed by atoms with Crippen molar-refractivity contribution in [2.75, 3.05) is 5.32 Å². The first kappa shape index (κ1) is 16.1. The van der Waals surface area contributed by atoms with Gasteiger partial charge in [-0.1, -0.05) is 31.9 Å². The number of nitrogens with zero attached hydrogens (tertiary/aromatic N) is 1. The number of benzene rings is 2. The lowest BCUT2D eigenvalue weighted by molar-refractivity contribution is -0.384. The van der Waals surface area contributed by atoms with Gasteiger partial charge in [-0.3, -0.25) is 14.9 Å². The largest absolute Gasteiger partial charge is 0.316 e. The van der Waals surface area contributed by atoms with Crippen LogP contribution >= 0.6 is 47.8 Å². The lowest BCUT2D eigenvalue weighted by atomic mass is 10.2. The predicted molar refractivity (Wildman–Crippen MR) is 90.6 cm³/mol. The van der Waals surface area contributed by atoms with Gasteiger partial charge in [0.05, 0.1) is 10.5 Å². The fourth-order valence-corrected chi connectivity index (χ4v) is 3.20. The highest BCUT2D eigenvalue weighted by Gasteiger charge is 2.18. The fourth-order valence-electron chi connectivity index (χ4n) is 1.62. The molecule has 0 unspecified atom stereocenters. The van der Waals surface area contributed by atoms with Crippen molar-refractivity contribution < 1.29 is 9.72 Å². The van der Waals surface area contributed by atoms with Crippen molar-refractivity contribution in [3.63, 3.8) is 0 Å². The van der Waals surface area contributed by atoms with Crippen molar-refractivity contribution in [3.05, 3.63) is 65.5 Å². The maximum atomic E-state index is 12.2. The third kappa shape index (κ3) is 3.90. The number of carbonyl (C=O) groups is 1. The van der Waals surface area contributed by atoms with E-state index >= 15 is 0 Å². The molecule has 0 aliphatic heterocycles. The molecule has 2 aromatic rings. The highest BCUT2D eigenvalue weighted by atomic mass is 79.9.